The summed E-state index contributed by atoms with van der Waals surface area (Å²) in [6.45, 7) is 6.29. The fourth-order valence-electron chi connectivity index (χ4n) is 2.91. The first-order chi connectivity index (χ1) is 12.4. The molecule has 0 aliphatic heterocycles. The number of rotatable bonds is 5. The normalized spacial score (nSPS) is 11.3. The van der Waals surface area contributed by atoms with Gasteiger partial charge in [-0.3, -0.25) is 14.3 Å². The molecule has 0 bridgehead atoms. The molecule has 0 saturated carbocycles. The SMILES string of the molecule is Cc1ccc2c(=O)n(CC(=O)NCc3ccnn3C)nc(C(C)C)c2c1. The van der Waals surface area contributed by atoms with Crippen molar-refractivity contribution in [2.24, 2.45) is 7.05 Å². The van der Waals surface area contributed by atoms with Crippen LogP contribution in [0.1, 0.15) is 36.7 Å². The summed E-state index contributed by atoms with van der Waals surface area (Å²) in [6.07, 6.45) is 1.67. The lowest BCUT2D eigenvalue weighted by Crippen LogP contribution is -2.34. The molecule has 0 aliphatic carbocycles. The second-order valence-corrected chi connectivity index (χ2v) is 6.77. The Labute approximate surface area is 151 Å². The third kappa shape index (κ3) is 3.51. The van der Waals surface area contributed by atoms with E-state index in [4.69, 9.17) is 0 Å². The van der Waals surface area contributed by atoms with Crippen molar-refractivity contribution in [2.75, 3.05) is 0 Å². The van der Waals surface area contributed by atoms with Crippen molar-refractivity contribution in [3.63, 3.8) is 0 Å². The molecule has 7 heteroatoms. The number of amides is 1. The van der Waals surface area contributed by atoms with Crippen LogP contribution in [-0.2, 0) is 24.9 Å². The summed E-state index contributed by atoms with van der Waals surface area (Å²) in [6, 6.07) is 7.52. The first kappa shape index (κ1) is 17.8. The molecule has 7 nitrogen and oxygen atoms in total. The average molecular weight is 353 g/mol. The zero-order chi connectivity index (χ0) is 18.8. The van der Waals surface area contributed by atoms with Crippen LogP contribution in [0.2, 0.25) is 0 Å². The highest BCUT2D eigenvalue weighted by Gasteiger charge is 2.15. The average Bonchev–Trinajstić information content (AvgIpc) is 3.00. The van der Waals surface area contributed by atoms with Crippen LogP contribution in [0.15, 0.2) is 35.3 Å². The largest absolute Gasteiger partial charge is 0.349 e. The van der Waals surface area contributed by atoms with Crippen molar-refractivity contribution in [1.82, 2.24) is 24.9 Å². The molecule has 1 N–H and O–H groups in total. The molecule has 1 aromatic carbocycles. The van der Waals surface area contributed by atoms with E-state index in [0.717, 1.165) is 22.3 Å². The molecule has 0 spiro atoms. The van der Waals surface area contributed by atoms with Gasteiger partial charge in [0.1, 0.15) is 6.54 Å². The van der Waals surface area contributed by atoms with E-state index >= 15 is 0 Å². The summed E-state index contributed by atoms with van der Waals surface area (Å²) in [4.78, 5) is 25.0. The molecule has 26 heavy (non-hydrogen) atoms. The van der Waals surface area contributed by atoms with Gasteiger partial charge in [0.15, 0.2) is 0 Å². The van der Waals surface area contributed by atoms with E-state index in [1.165, 1.54) is 4.68 Å². The number of carbonyl (C=O) groups is 1. The van der Waals surface area contributed by atoms with Gasteiger partial charge >= 0.3 is 0 Å². The Morgan fingerprint density at radius 2 is 2.00 bits per heavy atom. The molecule has 0 fully saturated rings. The van der Waals surface area contributed by atoms with E-state index in [1.807, 2.05) is 52.1 Å². The standard InChI is InChI=1S/C19H23N5O2/c1-12(2)18-16-9-13(3)5-6-15(16)19(26)24(22-18)11-17(25)20-10-14-7-8-21-23(14)4/h5-9,12H,10-11H2,1-4H3,(H,20,25). The van der Waals surface area contributed by atoms with E-state index in [1.54, 1.807) is 10.9 Å². The highest BCUT2D eigenvalue weighted by molar-refractivity contribution is 5.85. The minimum atomic E-state index is -0.262. The first-order valence-electron chi connectivity index (χ1n) is 8.61. The van der Waals surface area contributed by atoms with Gasteiger partial charge in [0.05, 0.1) is 23.3 Å². The molecule has 1 amide bonds. The summed E-state index contributed by atoms with van der Waals surface area (Å²) in [7, 11) is 1.81. The van der Waals surface area contributed by atoms with E-state index in [2.05, 4.69) is 15.5 Å². The second-order valence-electron chi connectivity index (χ2n) is 6.77. The van der Waals surface area contributed by atoms with Gasteiger partial charge in [-0.1, -0.05) is 25.5 Å². The van der Waals surface area contributed by atoms with Crippen molar-refractivity contribution in [3.8, 4) is 0 Å². The monoisotopic (exact) mass is 353 g/mol. The third-order valence-electron chi connectivity index (χ3n) is 4.37. The summed E-state index contributed by atoms with van der Waals surface area (Å²) in [5, 5.41) is 12.8. The van der Waals surface area contributed by atoms with Crippen LogP contribution in [0.25, 0.3) is 10.8 Å². The zero-order valence-corrected chi connectivity index (χ0v) is 15.5. The van der Waals surface area contributed by atoms with E-state index in [0.29, 0.717) is 11.9 Å². The molecule has 0 saturated heterocycles. The number of aromatic nitrogens is 4. The second kappa shape index (κ2) is 7.11. The summed E-state index contributed by atoms with van der Waals surface area (Å²) >= 11 is 0. The van der Waals surface area contributed by atoms with Crippen LogP contribution in [0.3, 0.4) is 0 Å². The Morgan fingerprint density at radius 3 is 2.65 bits per heavy atom. The molecule has 136 valence electrons. The molecule has 0 atom stereocenters. The zero-order valence-electron chi connectivity index (χ0n) is 15.5. The van der Waals surface area contributed by atoms with Crippen LogP contribution in [-0.4, -0.2) is 25.5 Å². The van der Waals surface area contributed by atoms with Crippen LogP contribution in [0.4, 0.5) is 0 Å². The summed E-state index contributed by atoms with van der Waals surface area (Å²) in [5.74, 6) is -0.120. The van der Waals surface area contributed by atoms with Gasteiger partial charge in [0.2, 0.25) is 5.91 Å². The van der Waals surface area contributed by atoms with Gasteiger partial charge in [-0.25, -0.2) is 4.68 Å². The Morgan fingerprint density at radius 1 is 1.23 bits per heavy atom. The number of nitrogens with zero attached hydrogens (tertiary/aromatic N) is 4. The molecular weight excluding hydrogens is 330 g/mol. The molecule has 0 aliphatic rings. The van der Waals surface area contributed by atoms with Gasteiger partial charge in [0.25, 0.3) is 5.56 Å². The van der Waals surface area contributed by atoms with E-state index in [-0.39, 0.29) is 23.9 Å². The number of carbonyl (C=O) groups excluding carboxylic acids is 1. The lowest BCUT2D eigenvalue weighted by atomic mass is 10.0. The quantitative estimate of drug-likeness (QED) is 0.759. The van der Waals surface area contributed by atoms with Gasteiger partial charge in [-0.15, -0.1) is 0 Å². The lowest BCUT2D eigenvalue weighted by Gasteiger charge is -2.14. The van der Waals surface area contributed by atoms with Gasteiger partial charge in [0, 0.05) is 18.6 Å². The van der Waals surface area contributed by atoms with Crippen LogP contribution < -0.4 is 10.9 Å². The van der Waals surface area contributed by atoms with E-state index in [9.17, 15) is 9.59 Å². The molecule has 2 aromatic heterocycles. The Bertz CT molecular complexity index is 1020. The van der Waals surface area contributed by atoms with Crippen molar-refractivity contribution < 1.29 is 4.79 Å². The van der Waals surface area contributed by atoms with Crippen molar-refractivity contribution in [1.29, 1.82) is 0 Å². The van der Waals surface area contributed by atoms with Crippen molar-refractivity contribution in [3.05, 3.63) is 57.8 Å². The number of nitrogens with one attached hydrogen (secondary N) is 1. The molecule has 0 radical (unpaired) electrons. The molecule has 3 rings (SSSR count). The fourth-order valence-corrected chi connectivity index (χ4v) is 2.91. The summed E-state index contributed by atoms with van der Waals surface area (Å²) in [5.41, 5.74) is 2.53. The highest BCUT2D eigenvalue weighted by Crippen LogP contribution is 2.22. The van der Waals surface area contributed by atoms with Crippen molar-refractivity contribution >= 4 is 16.7 Å². The number of benzene rings is 1. The first-order valence-corrected chi connectivity index (χ1v) is 8.61. The Hall–Kier alpha value is -2.96. The molecule has 3 aromatic rings. The molecule has 0 unspecified atom stereocenters. The number of hydrogen-bond donors (Lipinski definition) is 1. The molecule has 2 heterocycles. The third-order valence-corrected chi connectivity index (χ3v) is 4.37. The predicted molar refractivity (Wildman–Crippen MR) is 99.9 cm³/mol. The Kier molecular flexibility index (Phi) is 4.88. The van der Waals surface area contributed by atoms with E-state index < -0.39 is 0 Å². The summed E-state index contributed by atoms with van der Waals surface area (Å²) < 4.78 is 2.95. The highest BCUT2D eigenvalue weighted by atomic mass is 16.2. The lowest BCUT2D eigenvalue weighted by molar-refractivity contribution is -0.122. The van der Waals surface area contributed by atoms with Gasteiger partial charge < -0.3 is 5.32 Å². The maximum absolute atomic E-state index is 12.7. The minimum Gasteiger partial charge on any atom is -0.349 e. The Balaban J connectivity index is 1.89. The predicted octanol–water partition coefficient (Wildman–Crippen LogP) is 1.88. The van der Waals surface area contributed by atoms with Crippen molar-refractivity contribution in [2.45, 2.75) is 39.8 Å². The number of aryl methyl sites for hydroxylation is 2. The smallest absolute Gasteiger partial charge is 0.275 e. The number of fused-ring (bicyclic) bond motifs is 1. The maximum Gasteiger partial charge on any atom is 0.275 e. The number of hydrogen-bond acceptors (Lipinski definition) is 4. The molecular formula is C19H23N5O2. The topological polar surface area (TPSA) is 81.8 Å². The van der Waals surface area contributed by atoms with Crippen LogP contribution >= 0.6 is 0 Å². The van der Waals surface area contributed by atoms with Crippen LogP contribution in [0.5, 0.6) is 0 Å². The van der Waals surface area contributed by atoms with Gasteiger partial charge in [-0.05, 0) is 31.0 Å². The fraction of sp³-hybridized carbons (Fsp3) is 0.368. The minimum absolute atomic E-state index is 0.111. The van der Waals surface area contributed by atoms with Gasteiger partial charge in [-0.2, -0.15) is 10.2 Å². The van der Waals surface area contributed by atoms with Crippen LogP contribution in [0, 0.1) is 6.92 Å². The maximum atomic E-state index is 12.7.